The summed E-state index contributed by atoms with van der Waals surface area (Å²) < 4.78 is 5.00. The van der Waals surface area contributed by atoms with E-state index in [1.807, 2.05) is 13.0 Å². The smallest absolute Gasteiger partial charge is 0.133 e. The maximum atomic E-state index is 5.00. The van der Waals surface area contributed by atoms with Gasteiger partial charge < -0.3 is 9.84 Å². The topological polar surface area (TPSA) is 38.1 Å². The highest BCUT2D eigenvalue weighted by molar-refractivity contribution is 5.03. The minimum absolute atomic E-state index is 0.608. The van der Waals surface area contributed by atoms with Crippen LogP contribution in [0.25, 0.3) is 0 Å². The Morgan fingerprint density at radius 2 is 2.29 bits per heavy atom. The summed E-state index contributed by atoms with van der Waals surface area (Å²) in [5, 5.41) is 7.42. The SMILES string of the molecule is CCCC(CC)NCc1cc(C)on1. The van der Waals surface area contributed by atoms with Gasteiger partial charge in [-0.3, -0.25) is 0 Å². The lowest BCUT2D eigenvalue weighted by molar-refractivity contribution is 0.382. The molecule has 1 heterocycles. The fourth-order valence-electron chi connectivity index (χ4n) is 1.55. The highest BCUT2D eigenvalue weighted by atomic mass is 16.5. The second-order valence-electron chi connectivity index (χ2n) is 3.70. The molecule has 0 spiro atoms. The van der Waals surface area contributed by atoms with Crippen molar-refractivity contribution in [3.63, 3.8) is 0 Å². The van der Waals surface area contributed by atoms with Gasteiger partial charge in [0.15, 0.2) is 0 Å². The molecule has 0 bridgehead atoms. The quantitative estimate of drug-likeness (QED) is 0.760. The number of aryl methyl sites for hydroxylation is 1. The molecule has 0 aliphatic carbocycles. The molecule has 1 aromatic heterocycles. The summed E-state index contributed by atoms with van der Waals surface area (Å²) in [5.41, 5.74) is 0.997. The number of aromatic nitrogens is 1. The lowest BCUT2D eigenvalue weighted by Crippen LogP contribution is -2.27. The number of hydrogen-bond donors (Lipinski definition) is 1. The van der Waals surface area contributed by atoms with E-state index in [9.17, 15) is 0 Å². The highest BCUT2D eigenvalue weighted by Gasteiger charge is 2.05. The van der Waals surface area contributed by atoms with Crippen LogP contribution in [0.3, 0.4) is 0 Å². The summed E-state index contributed by atoms with van der Waals surface area (Å²) in [7, 11) is 0. The zero-order valence-corrected chi connectivity index (χ0v) is 9.34. The Hall–Kier alpha value is -0.830. The van der Waals surface area contributed by atoms with Gasteiger partial charge in [0.2, 0.25) is 0 Å². The molecule has 0 radical (unpaired) electrons. The molecule has 0 aliphatic heterocycles. The summed E-state index contributed by atoms with van der Waals surface area (Å²) in [6, 6.07) is 2.59. The third kappa shape index (κ3) is 3.50. The molecule has 3 nitrogen and oxygen atoms in total. The van der Waals surface area contributed by atoms with Crippen LogP contribution in [-0.4, -0.2) is 11.2 Å². The first-order valence-corrected chi connectivity index (χ1v) is 5.41. The van der Waals surface area contributed by atoms with Gasteiger partial charge in [-0.2, -0.15) is 0 Å². The van der Waals surface area contributed by atoms with Crippen molar-refractivity contribution in [3.05, 3.63) is 17.5 Å². The van der Waals surface area contributed by atoms with Gasteiger partial charge in [0.1, 0.15) is 5.76 Å². The molecule has 3 heteroatoms. The van der Waals surface area contributed by atoms with Gasteiger partial charge in [0.05, 0.1) is 5.69 Å². The van der Waals surface area contributed by atoms with Crippen LogP contribution >= 0.6 is 0 Å². The van der Waals surface area contributed by atoms with E-state index in [-0.39, 0.29) is 0 Å². The van der Waals surface area contributed by atoms with Crippen LogP contribution in [0.2, 0.25) is 0 Å². The van der Waals surface area contributed by atoms with Gasteiger partial charge in [-0.15, -0.1) is 0 Å². The van der Waals surface area contributed by atoms with Crippen molar-refractivity contribution >= 4 is 0 Å². The number of nitrogens with zero attached hydrogens (tertiary/aromatic N) is 1. The molecule has 1 aromatic rings. The standard InChI is InChI=1S/C11H20N2O/c1-4-6-10(5-2)12-8-11-7-9(3)14-13-11/h7,10,12H,4-6,8H2,1-3H3. The molecule has 0 amide bonds. The summed E-state index contributed by atoms with van der Waals surface area (Å²) in [4.78, 5) is 0. The largest absolute Gasteiger partial charge is 0.361 e. The molecule has 1 atom stereocenters. The Labute approximate surface area is 85.9 Å². The van der Waals surface area contributed by atoms with Crippen molar-refractivity contribution in [1.82, 2.24) is 10.5 Å². The van der Waals surface area contributed by atoms with Crippen LogP contribution in [0.15, 0.2) is 10.6 Å². The minimum Gasteiger partial charge on any atom is -0.361 e. The molecule has 0 aromatic carbocycles. The molecule has 1 N–H and O–H groups in total. The Morgan fingerprint density at radius 1 is 1.50 bits per heavy atom. The zero-order valence-electron chi connectivity index (χ0n) is 9.34. The van der Waals surface area contributed by atoms with Gasteiger partial charge in [-0.1, -0.05) is 25.4 Å². The molecule has 1 unspecified atom stereocenters. The van der Waals surface area contributed by atoms with E-state index in [2.05, 4.69) is 24.3 Å². The van der Waals surface area contributed by atoms with Crippen molar-refractivity contribution in [3.8, 4) is 0 Å². The summed E-state index contributed by atoms with van der Waals surface area (Å²) in [5.74, 6) is 0.880. The van der Waals surface area contributed by atoms with E-state index in [0.29, 0.717) is 6.04 Å². The van der Waals surface area contributed by atoms with E-state index in [0.717, 1.165) is 18.0 Å². The van der Waals surface area contributed by atoms with Crippen molar-refractivity contribution in [1.29, 1.82) is 0 Å². The molecule has 0 fully saturated rings. The lowest BCUT2D eigenvalue weighted by atomic mass is 10.1. The molecular weight excluding hydrogens is 176 g/mol. The van der Waals surface area contributed by atoms with Gasteiger partial charge >= 0.3 is 0 Å². The van der Waals surface area contributed by atoms with E-state index < -0.39 is 0 Å². The Morgan fingerprint density at radius 3 is 2.79 bits per heavy atom. The van der Waals surface area contributed by atoms with Gasteiger partial charge in [0, 0.05) is 18.7 Å². The highest BCUT2D eigenvalue weighted by Crippen LogP contribution is 2.04. The Balaban J connectivity index is 2.31. The van der Waals surface area contributed by atoms with Crippen LogP contribution < -0.4 is 5.32 Å². The monoisotopic (exact) mass is 196 g/mol. The van der Waals surface area contributed by atoms with E-state index in [1.165, 1.54) is 19.3 Å². The number of rotatable bonds is 6. The first-order chi connectivity index (χ1) is 6.76. The maximum Gasteiger partial charge on any atom is 0.133 e. The van der Waals surface area contributed by atoms with Crippen LogP contribution in [0, 0.1) is 6.92 Å². The second-order valence-corrected chi connectivity index (χ2v) is 3.70. The van der Waals surface area contributed by atoms with E-state index >= 15 is 0 Å². The van der Waals surface area contributed by atoms with Crippen LogP contribution in [0.1, 0.15) is 44.6 Å². The van der Waals surface area contributed by atoms with E-state index in [1.54, 1.807) is 0 Å². The van der Waals surface area contributed by atoms with Gasteiger partial charge in [-0.05, 0) is 19.8 Å². The van der Waals surface area contributed by atoms with Crippen molar-refractivity contribution in [2.24, 2.45) is 0 Å². The fourth-order valence-corrected chi connectivity index (χ4v) is 1.55. The third-order valence-electron chi connectivity index (χ3n) is 2.38. The fraction of sp³-hybridized carbons (Fsp3) is 0.727. The average molecular weight is 196 g/mol. The summed E-state index contributed by atoms with van der Waals surface area (Å²) >= 11 is 0. The van der Waals surface area contributed by atoms with Crippen molar-refractivity contribution < 1.29 is 4.52 Å². The Kier molecular flexibility index (Phi) is 4.66. The van der Waals surface area contributed by atoms with Crippen molar-refractivity contribution in [2.45, 2.75) is 52.6 Å². The summed E-state index contributed by atoms with van der Waals surface area (Å²) in [6.07, 6.45) is 3.63. The number of hydrogen-bond acceptors (Lipinski definition) is 3. The Bertz CT molecular complexity index is 258. The molecular formula is C11H20N2O. The first-order valence-electron chi connectivity index (χ1n) is 5.41. The normalized spacial score (nSPS) is 13.1. The molecule has 0 aliphatic rings. The second kappa shape index (κ2) is 5.81. The summed E-state index contributed by atoms with van der Waals surface area (Å²) in [6.45, 7) is 7.15. The minimum atomic E-state index is 0.608. The first kappa shape index (κ1) is 11.2. The number of nitrogens with one attached hydrogen (secondary N) is 1. The van der Waals surface area contributed by atoms with E-state index in [4.69, 9.17) is 4.52 Å². The molecule has 1 rings (SSSR count). The molecule has 80 valence electrons. The van der Waals surface area contributed by atoms with Crippen LogP contribution in [0.4, 0.5) is 0 Å². The zero-order chi connectivity index (χ0) is 10.4. The predicted octanol–water partition coefficient (Wildman–Crippen LogP) is 2.65. The third-order valence-corrected chi connectivity index (χ3v) is 2.38. The average Bonchev–Trinajstić information content (AvgIpc) is 2.59. The lowest BCUT2D eigenvalue weighted by Gasteiger charge is -2.14. The predicted molar refractivity (Wildman–Crippen MR) is 57.1 cm³/mol. The van der Waals surface area contributed by atoms with Gasteiger partial charge in [-0.25, -0.2) is 0 Å². The molecule has 0 saturated heterocycles. The van der Waals surface area contributed by atoms with Crippen LogP contribution in [0.5, 0.6) is 0 Å². The van der Waals surface area contributed by atoms with Gasteiger partial charge in [0.25, 0.3) is 0 Å². The molecule has 0 saturated carbocycles. The molecule has 14 heavy (non-hydrogen) atoms. The van der Waals surface area contributed by atoms with Crippen molar-refractivity contribution in [2.75, 3.05) is 0 Å². The van der Waals surface area contributed by atoms with Crippen LogP contribution in [-0.2, 0) is 6.54 Å². The maximum absolute atomic E-state index is 5.00.